The molecule has 7 heteroatoms. The Hall–Kier alpha value is -2.64. The van der Waals surface area contributed by atoms with Crippen LogP contribution in [0.2, 0.25) is 0 Å². The van der Waals surface area contributed by atoms with E-state index in [4.69, 9.17) is 0 Å². The Kier molecular flexibility index (Phi) is 7.06. The molecule has 0 bridgehead atoms. The van der Waals surface area contributed by atoms with Crippen molar-refractivity contribution in [3.8, 4) is 0 Å². The first-order chi connectivity index (χ1) is 14.0. The number of carbonyl (C=O) groups is 3. The fourth-order valence-electron chi connectivity index (χ4n) is 3.37. The molecule has 0 radical (unpaired) electrons. The molecule has 1 N–H and O–H groups in total. The van der Waals surface area contributed by atoms with Crippen LogP contribution in [0.3, 0.4) is 0 Å². The third kappa shape index (κ3) is 5.05. The second kappa shape index (κ2) is 9.71. The zero-order chi connectivity index (χ0) is 20.8. The van der Waals surface area contributed by atoms with Crippen LogP contribution in [0.15, 0.2) is 54.6 Å². The first-order valence-corrected chi connectivity index (χ1v) is 10.7. The van der Waals surface area contributed by atoms with E-state index in [1.54, 1.807) is 12.1 Å². The van der Waals surface area contributed by atoms with Gasteiger partial charge < -0.3 is 5.32 Å². The van der Waals surface area contributed by atoms with E-state index in [1.165, 1.54) is 4.90 Å². The summed E-state index contributed by atoms with van der Waals surface area (Å²) in [5.41, 5.74) is 2.48. The molecule has 0 spiro atoms. The van der Waals surface area contributed by atoms with Gasteiger partial charge in [0.15, 0.2) is 0 Å². The van der Waals surface area contributed by atoms with Crippen LogP contribution in [0, 0.1) is 0 Å². The van der Waals surface area contributed by atoms with Crippen LogP contribution >= 0.6 is 11.8 Å². The van der Waals surface area contributed by atoms with Gasteiger partial charge in [0.1, 0.15) is 6.04 Å². The number of hydrogen-bond donors (Lipinski definition) is 1. The molecule has 1 saturated heterocycles. The fourth-order valence-corrected chi connectivity index (χ4v) is 4.10. The lowest BCUT2D eigenvalue weighted by molar-refractivity contribution is -0.125. The van der Waals surface area contributed by atoms with Crippen LogP contribution in [0.4, 0.5) is 10.5 Å². The number of anilines is 1. The molecule has 1 fully saturated rings. The Morgan fingerprint density at radius 3 is 2.28 bits per heavy atom. The minimum Gasteiger partial charge on any atom is -0.324 e. The van der Waals surface area contributed by atoms with Crippen LogP contribution in [-0.4, -0.2) is 45.7 Å². The molecule has 1 aliphatic rings. The van der Waals surface area contributed by atoms with Crippen molar-refractivity contribution in [3.63, 3.8) is 0 Å². The Morgan fingerprint density at radius 2 is 1.72 bits per heavy atom. The lowest BCUT2D eigenvalue weighted by Gasteiger charge is -2.29. The molecule has 2 aromatic rings. The number of amides is 3. The van der Waals surface area contributed by atoms with Gasteiger partial charge in [0.2, 0.25) is 11.8 Å². The quantitative estimate of drug-likeness (QED) is 0.713. The molecule has 1 aliphatic heterocycles. The number of carbonyl (C=O) groups excluding carboxylic acids is 3. The van der Waals surface area contributed by atoms with Crippen LogP contribution < -0.4 is 5.32 Å². The number of likely N-dealkylation sites (N-methyl/N-ethyl adjacent to an activating group) is 1. The maximum atomic E-state index is 13.1. The number of hydrogen-bond acceptors (Lipinski definition) is 5. The van der Waals surface area contributed by atoms with Crippen molar-refractivity contribution in [2.24, 2.45) is 0 Å². The van der Waals surface area contributed by atoms with Gasteiger partial charge >= 0.3 is 0 Å². The van der Waals surface area contributed by atoms with E-state index in [0.29, 0.717) is 5.69 Å². The Labute approximate surface area is 175 Å². The van der Waals surface area contributed by atoms with Crippen molar-refractivity contribution in [2.45, 2.75) is 26.4 Å². The van der Waals surface area contributed by atoms with E-state index in [-0.39, 0.29) is 35.4 Å². The van der Waals surface area contributed by atoms with E-state index in [0.717, 1.165) is 36.0 Å². The zero-order valence-corrected chi connectivity index (χ0v) is 17.4. The monoisotopic (exact) mass is 411 g/mol. The minimum absolute atomic E-state index is 0.0889. The molecular weight excluding hydrogens is 386 g/mol. The molecule has 6 nitrogen and oxygen atoms in total. The topological polar surface area (TPSA) is 69.7 Å². The summed E-state index contributed by atoms with van der Waals surface area (Å²) in [6.07, 6.45) is 0. The average Bonchev–Trinajstić information content (AvgIpc) is 3.05. The van der Waals surface area contributed by atoms with E-state index in [2.05, 4.69) is 10.2 Å². The third-order valence-corrected chi connectivity index (χ3v) is 5.80. The average molecular weight is 412 g/mol. The SMILES string of the molecule is CCN(CC)C(C(=O)Nc1ccc(CN2C(=O)CSC2=O)cc1)c1ccccc1. The fraction of sp³-hybridized carbons (Fsp3) is 0.318. The normalized spacial score (nSPS) is 15.1. The van der Waals surface area contributed by atoms with Crippen molar-refractivity contribution in [2.75, 3.05) is 24.2 Å². The predicted molar refractivity (Wildman–Crippen MR) is 116 cm³/mol. The molecule has 0 aromatic heterocycles. The molecule has 2 aromatic carbocycles. The van der Waals surface area contributed by atoms with Crippen LogP contribution in [0.5, 0.6) is 0 Å². The van der Waals surface area contributed by atoms with Gasteiger partial charge in [-0.1, -0.05) is 68.1 Å². The summed E-state index contributed by atoms with van der Waals surface area (Å²) in [6.45, 7) is 5.86. The molecule has 1 atom stereocenters. The standard InChI is InChI=1S/C22H25N3O3S/c1-3-24(4-2)20(17-8-6-5-7-9-17)21(27)23-18-12-10-16(11-13-18)14-25-19(26)15-29-22(25)28/h5-13,20H,3-4,14-15H2,1-2H3,(H,23,27). The lowest BCUT2D eigenvalue weighted by atomic mass is 10.0. The van der Waals surface area contributed by atoms with Crippen LogP contribution in [-0.2, 0) is 16.1 Å². The largest absolute Gasteiger partial charge is 0.324 e. The Bertz CT molecular complexity index is 851. The number of rotatable bonds is 8. The van der Waals surface area contributed by atoms with E-state index in [9.17, 15) is 14.4 Å². The summed E-state index contributed by atoms with van der Waals surface area (Å²) in [5, 5.41) is 2.78. The Balaban J connectivity index is 1.71. The molecule has 3 rings (SSSR count). The van der Waals surface area contributed by atoms with Crippen molar-refractivity contribution in [1.29, 1.82) is 0 Å². The van der Waals surface area contributed by atoms with E-state index in [1.807, 2.05) is 56.3 Å². The second-order valence-electron chi connectivity index (χ2n) is 6.76. The molecule has 0 saturated carbocycles. The van der Waals surface area contributed by atoms with Crippen molar-refractivity contribution in [3.05, 3.63) is 65.7 Å². The highest BCUT2D eigenvalue weighted by molar-refractivity contribution is 8.14. The van der Waals surface area contributed by atoms with Crippen LogP contribution in [0.1, 0.15) is 31.0 Å². The molecule has 3 amide bonds. The summed E-state index contributed by atoms with van der Waals surface area (Å²) in [6, 6.07) is 16.6. The molecular formula is C22H25N3O3S. The first-order valence-electron chi connectivity index (χ1n) is 9.69. The Morgan fingerprint density at radius 1 is 1.07 bits per heavy atom. The molecule has 1 heterocycles. The summed E-state index contributed by atoms with van der Waals surface area (Å²) >= 11 is 1.03. The predicted octanol–water partition coefficient (Wildman–Crippen LogP) is 3.90. The third-order valence-electron chi connectivity index (χ3n) is 4.94. The highest BCUT2D eigenvalue weighted by Gasteiger charge is 2.30. The summed E-state index contributed by atoms with van der Waals surface area (Å²) < 4.78 is 0. The lowest BCUT2D eigenvalue weighted by Crippen LogP contribution is -2.37. The number of nitrogens with zero attached hydrogens (tertiary/aromatic N) is 2. The summed E-state index contributed by atoms with van der Waals surface area (Å²) in [5.74, 6) is -0.0459. The number of benzene rings is 2. The van der Waals surface area contributed by atoms with Gasteiger partial charge in [-0.25, -0.2) is 0 Å². The maximum absolute atomic E-state index is 13.1. The number of nitrogens with one attached hydrogen (secondary N) is 1. The van der Waals surface area contributed by atoms with E-state index < -0.39 is 0 Å². The van der Waals surface area contributed by atoms with Gasteiger partial charge in [0.25, 0.3) is 5.24 Å². The first kappa shape index (κ1) is 21.1. The van der Waals surface area contributed by atoms with Gasteiger partial charge in [0.05, 0.1) is 12.3 Å². The van der Waals surface area contributed by atoms with Crippen molar-refractivity contribution in [1.82, 2.24) is 9.80 Å². The van der Waals surface area contributed by atoms with Gasteiger partial charge in [-0.05, 0) is 36.3 Å². The molecule has 1 unspecified atom stereocenters. The van der Waals surface area contributed by atoms with Gasteiger partial charge in [-0.15, -0.1) is 0 Å². The maximum Gasteiger partial charge on any atom is 0.289 e. The van der Waals surface area contributed by atoms with Gasteiger partial charge in [-0.2, -0.15) is 0 Å². The van der Waals surface area contributed by atoms with E-state index >= 15 is 0 Å². The molecule has 152 valence electrons. The highest BCUT2D eigenvalue weighted by atomic mass is 32.2. The summed E-state index contributed by atoms with van der Waals surface area (Å²) in [4.78, 5) is 39.9. The van der Waals surface area contributed by atoms with Gasteiger partial charge in [0, 0.05) is 5.69 Å². The molecule has 0 aliphatic carbocycles. The molecule has 29 heavy (non-hydrogen) atoms. The zero-order valence-electron chi connectivity index (χ0n) is 16.6. The second-order valence-corrected chi connectivity index (χ2v) is 7.68. The highest BCUT2D eigenvalue weighted by Crippen LogP contribution is 2.24. The number of imide groups is 1. The van der Waals surface area contributed by atoms with Crippen molar-refractivity contribution < 1.29 is 14.4 Å². The number of thioether (sulfide) groups is 1. The smallest absolute Gasteiger partial charge is 0.289 e. The minimum atomic E-state index is -0.372. The summed E-state index contributed by atoms with van der Waals surface area (Å²) in [7, 11) is 0. The van der Waals surface area contributed by atoms with Crippen LogP contribution in [0.25, 0.3) is 0 Å². The van der Waals surface area contributed by atoms with Crippen molar-refractivity contribution >= 4 is 34.5 Å². The van der Waals surface area contributed by atoms with Gasteiger partial charge in [-0.3, -0.25) is 24.2 Å².